The highest BCUT2D eigenvalue weighted by atomic mass is 16.5. The highest BCUT2D eigenvalue weighted by Crippen LogP contribution is 2.31. The Labute approximate surface area is 147 Å². The maximum absolute atomic E-state index is 12.5. The van der Waals surface area contributed by atoms with E-state index in [1.807, 2.05) is 25.1 Å². The molecule has 1 aliphatic carbocycles. The molecule has 0 saturated heterocycles. The summed E-state index contributed by atoms with van der Waals surface area (Å²) in [5.41, 5.74) is 7.80. The van der Waals surface area contributed by atoms with Crippen molar-refractivity contribution in [2.75, 3.05) is 6.61 Å². The first kappa shape index (κ1) is 17.0. The van der Waals surface area contributed by atoms with Crippen LogP contribution in [-0.2, 0) is 11.2 Å². The van der Waals surface area contributed by atoms with E-state index in [2.05, 4.69) is 16.9 Å². The third-order valence-corrected chi connectivity index (χ3v) is 4.41. The van der Waals surface area contributed by atoms with Gasteiger partial charge in [0.25, 0.3) is 5.91 Å². The maximum atomic E-state index is 12.5. The predicted molar refractivity (Wildman–Crippen MR) is 95.3 cm³/mol. The largest absolute Gasteiger partial charge is 0.494 e. The summed E-state index contributed by atoms with van der Waals surface area (Å²) in [5, 5.41) is 0. The SMILES string of the molecule is CCOc1ccc(C(=O)NNC(=O)C2CCCc3ccccc32)cc1. The van der Waals surface area contributed by atoms with Gasteiger partial charge in [-0.2, -0.15) is 0 Å². The van der Waals surface area contributed by atoms with Gasteiger partial charge in [0.1, 0.15) is 5.75 Å². The molecule has 2 aromatic carbocycles. The molecule has 0 saturated carbocycles. The number of hydrogen-bond acceptors (Lipinski definition) is 3. The van der Waals surface area contributed by atoms with Crippen LogP contribution >= 0.6 is 0 Å². The van der Waals surface area contributed by atoms with Crippen molar-refractivity contribution in [3.63, 3.8) is 0 Å². The average Bonchev–Trinajstić information content (AvgIpc) is 2.66. The number of rotatable bonds is 4. The van der Waals surface area contributed by atoms with Crippen molar-refractivity contribution in [3.8, 4) is 5.75 Å². The summed E-state index contributed by atoms with van der Waals surface area (Å²) in [6.45, 7) is 2.48. The maximum Gasteiger partial charge on any atom is 0.269 e. The minimum Gasteiger partial charge on any atom is -0.494 e. The lowest BCUT2D eigenvalue weighted by molar-refractivity contribution is -0.123. The molecule has 0 radical (unpaired) electrons. The van der Waals surface area contributed by atoms with Crippen LogP contribution in [0.15, 0.2) is 48.5 Å². The Hall–Kier alpha value is -2.82. The third-order valence-electron chi connectivity index (χ3n) is 4.41. The molecule has 0 heterocycles. The van der Waals surface area contributed by atoms with Gasteiger partial charge in [-0.15, -0.1) is 0 Å². The molecule has 2 aromatic rings. The average molecular weight is 338 g/mol. The van der Waals surface area contributed by atoms with Crippen molar-refractivity contribution in [2.45, 2.75) is 32.1 Å². The molecule has 3 rings (SSSR count). The fourth-order valence-electron chi connectivity index (χ4n) is 3.17. The highest BCUT2D eigenvalue weighted by molar-refractivity contribution is 5.96. The number of carbonyl (C=O) groups excluding carboxylic acids is 2. The monoisotopic (exact) mass is 338 g/mol. The molecule has 1 aliphatic rings. The number of carbonyl (C=O) groups is 2. The Morgan fingerprint density at radius 3 is 2.60 bits per heavy atom. The summed E-state index contributed by atoms with van der Waals surface area (Å²) in [6.07, 6.45) is 2.77. The number of nitrogens with one attached hydrogen (secondary N) is 2. The van der Waals surface area contributed by atoms with Gasteiger partial charge in [0, 0.05) is 5.56 Å². The Kier molecular flexibility index (Phi) is 5.33. The molecule has 2 N–H and O–H groups in total. The predicted octanol–water partition coefficient (Wildman–Crippen LogP) is 2.97. The number of amides is 2. The standard InChI is InChI=1S/C20H22N2O3/c1-2-25-16-12-10-15(11-13-16)19(23)21-22-20(24)18-9-5-7-14-6-3-4-8-17(14)18/h3-4,6,8,10-13,18H,2,5,7,9H2,1H3,(H,21,23)(H,22,24). The first-order valence-corrected chi connectivity index (χ1v) is 8.60. The van der Waals surface area contributed by atoms with Crippen molar-refractivity contribution in [2.24, 2.45) is 0 Å². The second kappa shape index (κ2) is 7.83. The van der Waals surface area contributed by atoms with Crippen LogP contribution < -0.4 is 15.6 Å². The fourth-order valence-corrected chi connectivity index (χ4v) is 3.17. The van der Waals surface area contributed by atoms with E-state index < -0.39 is 0 Å². The number of fused-ring (bicyclic) bond motifs is 1. The molecular weight excluding hydrogens is 316 g/mol. The summed E-state index contributed by atoms with van der Waals surface area (Å²) < 4.78 is 5.35. The number of hydrazine groups is 1. The van der Waals surface area contributed by atoms with E-state index in [9.17, 15) is 9.59 Å². The van der Waals surface area contributed by atoms with Gasteiger partial charge in [-0.3, -0.25) is 20.4 Å². The van der Waals surface area contributed by atoms with Crippen molar-refractivity contribution in [3.05, 3.63) is 65.2 Å². The van der Waals surface area contributed by atoms with Crippen molar-refractivity contribution < 1.29 is 14.3 Å². The van der Waals surface area contributed by atoms with E-state index in [0.29, 0.717) is 17.9 Å². The minimum atomic E-state index is -0.347. The van der Waals surface area contributed by atoms with Crippen molar-refractivity contribution in [1.82, 2.24) is 10.9 Å². The van der Waals surface area contributed by atoms with E-state index in [0.717, 1.165) is 24.8 Å². The van der Waals surface area contributed by atoms with E-state index >= 15 is 0 Å². The molecule has 1 unspecified atom stereocenters. The van der Waals surface area contributed by atoms with Crippen molar-refractivity contribution in [1.29, 1.82) is 0 Å². The Balaban J connectivity index is 1.60. The second-order valence-electron chi connectivity index (χ2n) is 6.04. The van der Waals surface area contributed by atoms with Crippen LogP contribution in [0.4, 0.5) is 0 Å². The third kappa shape index (κ3) is 3.99. The summed E-state index contributed by atoms with van der Waals surface area (Å²) in [6, 6.07) is 14.8. The molecule has 5 heteroatoms. The fraction of sp³-hybridized carbons (Fsp3) is 0.300. The van der Waals surface area contributed by atoms with Crippen LogP contribution in [0.2, 0.25) is 0 Å². The molecule has 2 amide bonds. The number of benzene rings is 2. The first-order chi connectivity index (χ1) is 12.2. The van der Waals surface area contributed by atoms with Gasteiger partial charge in [0.2, 0.25) is 5.91 Å². The summed E-state index contributed by atoms with van der Waals surface area (Å²) in [4.78, 5) is 24.7. The smallest absolute Gasteiger partial charge is 0.269 e. The van der Waals surface area contributed by atoms with Gasteiger partial charge in [-0.1, -0.05) is 24.3 Å². The zero-order valence-electron chi connectivity index (χ0n) is 14.2. The topological polar surface area (TPSA) is 67.4 Å². The molecular formula is C20H22N2O3. The lowest BCUT2D eigenvalue weighted by atomic mass is 9.82. The highest BCUT2D eigenvalue weighted by Gasteiger charge is 2.26. The molecule has 0 spiro atoms. The van der Waals surface area contributed by atoms with Gasteiger partial charge in [0.05, 0.1) is 12.5 Å². The van der Waals surface area contributed by atoms with Crippen LogP contribution in [0.5, 0.6) is 5.75 Å². The lowest BCUT2D eigenvalue weighted by Crippen LogP contribution is -2.44. The minimum absolute atomic E-state index is 0.175. The van der Waals surface area contributed by atoms with Crippen molar-refractivity contribution >= 4 is 11.8 Å². The van der Waals surface area contributed by atoms with E-state index in [1.54, 1.807) is 24.3 Å². The van der Waals surface area contributed by atoms with Crippen LogP contribution in [0.3, 0.4) is 0 Å². The zero-order valence-corrected chi connectivity index (χ0v) is 14.2. The quantitative estimate of drug-likeness (QED) is 0.842. The Bertz CT molecular complexity index is 756. The van der Waals surface area contributed by atoms with Gasteiger partial charge in [-0.25, -0.2) is 0 Å². The molecule has 5 nitrogen and oxygen atoms in total. The van der Waals surface area contributed by atoms with Gasteiger partial charge >= 0.3 is 0 Å². The zero-order chi connectivity index (χ0) is 17.6. The summed E-state index contributed by atoms with van der Waals surface area (Å²) in [5.74, 6) is -0.0283. The molecule has 0 bridgehead atoms. The molecule has 0 aromatic heterocycles. The van der Waals surface area contributed by atoms with Gasteiger partial charge in [-0.05, 0) is 61.6 Å². The number of hydrogen-bond donors (Lipinski definition) is 2. The summed E-state index contributed by atoms with van der Waals surface area (Å²) in [7, 11) is 0. The molecule has 130 valence electrons. The van der Waals surface area contributed by atoms with Crippen LogP contribution in [-0.4, -0.2) is 18.4 Å². The Morgan fingerprint density at radius 2 is 1.84 bits per heavy atom. The molecule has 0 fully saturated rings. The number of aryl methyl sites for hydroxylation is 1. The second-order valence-corrected chi connectivity index (χ2v) is 6.04. The van der Waals surface area contributed by atoms with E-state index in [-0.39, 0.29) is 17.7 Å². The van der Waals surface area contributed by atoms with Gasteiger partial charge < -0.3 is 4.74 Å². The van der Waals surface area contributed by atoms with Crippen LogP contribution in [0, 0.1) is 0 Å². The molecule has 1 atom stereocenters. The van der Waals surface area contributed by atoms with Crippen LogP contribution in [0.1, 0.15) is 47.2 Å². The first-order valence-electron chi connectivity index (χ1n) is 8.60. The Morgan fingerprint density at radius 1 is 1.08 bits per heavy atom. The molecule has 0 aliphatic heterocycles. The van der Waals surface area contributed by atoms with E-state index in [4.69, 9.17) is 4.74 Å². The summed E-state index contributed by atoms with van der Waals surface area (Å²) >= 11 is 0. The normalized spacial score (nSPS) is 15.8. The van der Waals surface area contributed by atoms with Gasteiger partial charge in [0.15, 0.2) is 0 Å². The lowest BCUT2D eigenvalue weighted by Gasteiger charge is -2.24. The molecule has 25 heavy (non-hydrogen) atoms. The van der Waals surface area contributed by atoms with E-state index in [1.165, 1.54) is 5.56 Å². The number of ether oxygens (including phenoxy) is 1. The van der Waals surface area contributed by atoms with Crippen LogP contribution in [0.25, 0.3) is 0 Å².